The SMILES string of the molecule is CCNC1COCC1c1nncn1C1CCCC1. The van der Waals surface area contributed by atoms with E-state index in [4.69, 9.17) is 4.74 Å². The highest BCUT2D eigenvalue weighted by Gasteiger charge is 2.34. The van der Waals surface area contributed by atoms with Crippen molar-refractivity contribution in [1.82, 2.24) is 20.1 Å². The summed E-state index contributed by atoms with van der Waals surface area (Å²) in [5.74, 6) is 1.47. The third-order valence-corrected chi connectivity index (χ3v) is 4.20. The Balaban J connectivity index is 1.80. The van der Waals surface area contributed by atoms with Gasteiger partial charge in [0.15, 0.2) is 0 Å². The van der Waals surface area contributed by atoms with Crippen LogP contribution in [0.4, 0.5) is 0 Å². The molecule has 0 amide bonds. The van der Waals surface area contributed by atoms with Crippen molar-refractivity contribution in [3.05, 3.63) is 12.2 Å². The summed E-state index contributed by atoms with van der Waals surface area (Å²) in [7, 11) is 0. The van der Waals surface area contributed by atoms with Gasteiger partial charge < -0.3 is 14.6 Å². The lowest BCUT2D eigenvalue weighted by molar-refractivity contribution is 0.187. The van der Waals surface area contributed by atoms with E-state index in [0.29, 0.717) is 18.0 Å². The van der Waals surface area contributed by atoms with Crippen molar-refractivity contribution >= 4 is 0 Å². The molecule has 1 aromatic rings. The van der Waals surface area contributed by atoms with Gasteiger partial charge in [-0.2, -0.15) is 0 Å². The van der Waals surface area contributed by atoms with Crippen LogP contribution in [0.5, 0.6) is 0 Å². The third-order valence-electron chi connectivity index (χ3n) is 4.20. The first-order valence-corrected chi connectivity index (χ1v) is 7.10. The molecule has 1 aliphatic heterocycles. The van der Waals surface area contributed by atoms with Gasteiger partial charge in [-0.1, -0.05) is 19.8 Å². The van der Waals surface area contributed by atoms with Crippen molar-refractivity contribution in [1.29, 1.82) is 0 Å². The summed E-state index contributed by atoms with van der Waals surface area (Å²) < 4.78 is 7.92. The van der Waals surface area contributed by atoms with E-state index in [2.05, 4.69) is 27.0 Å². The van der Waals surface area contributed by atoms with Gasteiger partial charge in [-0.25, -0.2) is 0 Å². The van der Waals surface area contributed by atoms with E-state index < -0.39 is 0 Å². The molecule has 1 aliphatic carbocycles. The first-order valence-electron chi connectivity index (χ1n) is 7.10. The molecule has 0 bridgehead atoms. The second kappa shape index (κ2) is 5.36. The number of ether oxygens (including phenoxy) is 1. The molecule has 0 radical (unpaired) electrons. The third kappa shape index (κ3) is 2.17. The molecule has 5 nitrogen and oxygen atoms in total. The number of nitrogens with zero attached hydrogens (tertiary/aromatic N) is 3. The van der Waals surface area contributed by atoms with Gasteiger partial charge >= 0.3 is 0 Å². The minimum absolute atomic E-state index is 0.355. The van der Waals surface area contributed by atoms with Gasteiger partial charge in [-0.05, 0) is 19.4 Å². The van der Waals surface area contributed by atoms with Crippen molar-refractivity contribution in [2.45, 2.75) is 50.6 Å². The monoisotopic (exact) mass is 250 g/mol. The smallest absolute Gasteiger partial charge is 0.140 e. The van der Waals surface area contributed by atoms with Crippen molar-refractivity contribution in [2.75, 3.05) is 19.8 Å². The Morgan fingerprint density at radius 1 is 1.39 bits per heavy atom. The highest BCUT2D eigenvalue weighted by molar-refractivity contribution is 5.06. The van der Waals surface area contributed by atoms with E-state index in [-0.39, 0.29) is 0 Å². The highest BCUT2D eigenvalue weighted by Crippen LogP contribution is 2.33. The lowest BCUT2D eigenvalue weighted by Crippen LogP contribution is -2.35. The second-order valence-electron chi connectivity index (χ2n) is 5.34. The molecular formula is C13H22N4O. The maximum Gasteiger partial charge on any atom is 0.140 e. The Morgan fingerprint density at radius 3 is 3.00 bits per heavy atom. The molecule has 3 rings (SSSR count). The number of likely N-dealkylation sites (N-methyl/N-ethyl adjacent to an activating group) is 1. The van der Waals surface area contributed by atoms with E-state index in [0.717, 1.165) is 25.6 Å². The van der Waals surface area contributed by atoms with E-state index in [1.165, 1.54) is 25.7 Å². The minimum atomic E-state index is 0.355. The molecule has 0 aromatic carbocycles. The Kier molecular flexibility index (Phi) is 3.61. The first-order chi connectivity index (χ1) is 8.90. The second-order valence-corrected chi connectivity index (χ2v) is 5.34. The summed E-state index contributed by atoms with van der Waals surface area (Å²) in [5.41, 5.74) is 0. The summed E-state index contributed by atoms with van der Waals surface area (Å²) in [6.45, 7) is 4.66. The molecule has 5 heteroatoms. The van der Waals surface area contributed by atoms with Gasteiger partial charge in [0.25, 0.3) is 0 Å². The van der Waals surface area contributed by atoms with Crippen LogP contribution in [0.15, 0.2) is 6.33 Å². The van der Waals surface area contributed by atoms with E-state index >= 15 is 0 Å². The van der Waals surface area contributed by atoms with Gasteiger partial charge in [-0.15, -0.1) is 10.2 Å². The molecule has 2 aliphatic rings. The fourth-order valence-corrected chi connectivity index (χ4v) is 3.25. The van der Waals surface area contributed by atoms with Gasteiger partial charge in [0.05, 0.1) is 19.1 Å². The number of rotatable bonds is 4. The fourth-order valence-electron chi connectivity index (χ4n) is 3.25. The summed E-state index contributed by atoms with van der Waals surface area (Å²) in [6.07, 6.45) is 7.11. The fraction of sp³-hybridized carbons (Fsp3) is 0.846. The van der Waals surface area contributed by atoms with Crippen LogP contribution in [-0.4, -0.2) is 40.6 Å². The van der Waals surface area contributed by atoms with Crippen LogP contribution in [0.1, 0.15) is 50.4 Å². The summed E-state index contributed by atoms with van der Waals surface area (Å²) in [6, 6.07) is 0.997. The zero-order valence-electron chi connectivity index (χ0n) is 11.0. The normalized spacial score (nSPS) is 29.2. The molecule has 2 unspecified atom stereocenters. The quantitative estimate of drug-likeness (QED) is 0.879. The van der Waals surface area contributed by atoms with Crippen LogP contribution in [-0.2, 0) is 4.74 Å². The standard InChI is InChI=1S/C13H22N4O/c1-2-14-12-8-18-7-11(12)13-16-15-9-17(13)10-5-3-4-6-10/h9-12,14H,2-8H2,1H3. The van der Waals surface area contributed by atoms with Crippen molar-refractivity contribution in [2.24, 2.45) is 0 Å². The molecule has 1 N–H and O–H groups in total. The molecular weight excluding hydrogens is 228 g/mol. The topological polar surface area (TPSA) is 52.0 Å². The number of aromatic nitrogens is 3. The zero-order chi connectivity index (χ0) is 12.4. The molecule has 1 saturated carbocycles. The predicted octanol–water partition coefficient (Wildman–Crippen LogP) is 1.49. The summed E-state index contributed by atoms with van der Waals surface area (Å²) in [4.78, 5) is 0. The zero-order valence-corrected chi connectivity index (χ0v) is 11.0. The van der Waals surface area contributed by atoms with E-state index in [1.807, 2.05) is 6.33 Å². The Labute approximate surface area is 108 Å². The van der Waals surface area contributed by atoms with Crippen LogP contribution < -0.4 is 5.32 Å². The molecule has 100 valence electrons. The molecule has 2 atom stereocenters. The predicted molar refractivity (Wildman–Crippen MR) is 68.6 cm³/mol. The summed E-state index contributed by atoms with van der Waals surface area (Å²) in [5, 5.41) is 12.0. The maximum absolute atomic E-state index is 5.62. The lowest BCUT2D eigenvalue weighted by atomic mass is 10.0. The minimum Gasteiger partial charge on any atom is -0.379 e. The Hall–Kier alpha value is -0.940. The average Bonchev–Trinajstić information content (AvgIpc) is 3.10. The average molecular weight is 250 g/mol. The van der Waals surface area contributed by atoms with Crippen molar-refractivity contribution < 1.29 is 4.74 Å². The largest absolute Gasteiger partial charge is 0.379 e. The van der Waals surface area contributed by atoms with Gasteiger partial charge in [0, 0.05) is 12.1 Å². The van der Waals surface area contributed by atoms with Crippen molar-refractivity contribution in [3.8, 4) is 0 Å². The van der Waals surface area contributed by atoms with Crippen LogP contribution in [0, 0.1) is 0 Å². The molecule has 1 saturated heterocycles. The van der Waals surface area contributed by atoms with Crippen LogP contribution in [0.3, 0.4) is 0 Å². The van der Waals surface area contributed by atoms with E-state index in [9.17, 15) is 0 Å². The van der Waals surface area contributed by atoms with Crippen LogP contribution in [0.2, 0.25) is 0 Å². The molecule has 2 fully saturated rings. The van der Waals surface area contributed by atoms with Crippen LogP contribution >= 0.6 is 0 Å². The Bertz CT molecular complexity index is 386. The number of hydrogen-bond acceptors (Lipinski definition) is 4. The Morgan fingerprint density at radius 2 is 2.22 bits per heavy atom. The maximum atomic E-state index is 5.62. The molecule has 18 heavy (non-hydrogen) atoms. The molecule has 2 heterocycles. The van der Waals surface area contributed by atoms with Gasteiger partial charge in [-0.3, -0.25) is 0 Å². The van der Waals surface area contributed by atoms with Gasteiger partial charge in [0.2, 0.25) is 0 Å². The lowest BCUT2D eigenvalue weighted by Gasteiger charge is -2.21. The number of nitrogens with one attached hydrogen (secondary N) is 1. The first kappa shape index (κ1) is 12.1. The summed E-state index contributed by atoms with van der Waals surface area (Å²) >= 11 is 0. The highest BCUT2D eigenvalue weighted by atomic mass is 16.5. The molecule has 0 spiro atoms. The number of hydrogen-bond donors (Lipinski definition) is 1. The molecule has 1 aromatic heterocycles. The van der Waals surface area contributed by atoms with Crippen molar-refractivity contribution in [3.63, 3.8) is 0 Å². The van der Waals surface area contributed by atoms with Crippen LogP contribution in [0.25, 0.3) is 0 Å². The van der Waals surface area contributed by atoms with E-state index in [1.54, 1.807) is 0 Å². The van der Waals surface area contributed by atoms with Gasteiger partial charge in [0.1, 0.15) is 12.2 Å².